The highest BCUT2D eigenvalue weighted by molar-refractivity contribution is 5.87. The van der Waals surface area contributed by atoms with E-state index in [4.69, 9.17) is 15.9 Å². The maximum Gasteiger partial charge on any atom is 0.326 e. The molecule has 1 aliphatic rings. The van der Waals surface area contributed by atoms with Crippen LogP contribution in [-0.2, 0) is 9.59 Å². The van der Waals surface area contributed by atoms with Crippen molar-refractivity contribution in [3.8, 4) is 0 Å². The molecule has 1 atom stereocenters. The maximum atomic E-state index is 12.4. The number of aliphatic hydroxyl groups excluding tert-OH is 1. The molecule has 0 heterocycles. The lowest BCUT2D eigenvalue weighted by Crippen LogP contribution is -2.51. The minimum atomic E-state index is -1.12. The number of carbonyl (C=O) groups is 2. The molecular formula is C13H24N2O4. The van der Waals surface area contributed by atoms with Crippen LogP contribution in [0.1, 0.15) is 44.9 Å². The molecule has 0 radical (unpaired) electrons. The number of hydrogen-bond acceptors (Lipinski definition) is 4. The van der Waals surface area contributed by atoms with Crippen molar-refractivity contribution in [2.24, 2.45) is 11.1 Å². The molecule has 6 heteroatoms. The minimum absolute atomic E-state index is 0.0156. The summed E-state index contributed by atoms with van der Waals surface area (Å²) in [6.45, 7) is -0.0306. The van der Waals surface area contributed by atoms with Crippen molar-refractivity contribution < 1.29 is 19.8 Å². The lowest BCUT2D eigenvalue weighted by Gasteiger charge is -2.31. The van der Waals surface area contributed by atoms with Gasteiger partial charge in [-0.2, -0.15) is 0 Å². The molecule has 110 valence electrons. The van der Waals surface area contributed by atoms with Gasteiger partial charge in [0.15, 0.2) is 0 Å². The average molecular weight is 272 g/mol. The summed E-state index contributed by atoms with van der Waals surface area (Å²) in [4.78, 5) is 23.4. The predicted molar refractivity (Wildman–Crippen MR) is 70.5 cm³/mol. The summed E-state index contributed by atoms with van der Waals surface area (Å²) in [6, 6.07) is -1.04. The second-order valence-electron chi connectivity index (χ2n) is 5.28. The number of nitrogens with two attached hydrogens (primary N) is 1. The van der Waals surface area contributed by atoms with Gasteiger partial charge in [-0.05, 0) is 12.8 Å². The van der Waals surface area contributed by atoms with Gasteiger partial charge in [0, 0.05) is 19.6 Å². The van der Waals surface area contributed by atoms with Gasteiger partial charge in [-0.3, -0.25) is 4.79 Å². The summed E-state index contributed by atoms with van der Waals surface area (Å²) in [5.41, 5.74) is 5.14. The van der Waals surface area contributed by atoms with E-state index >= 15 is 0 Å². The Morgan fingerprint density at radius 3 is 2.21 bits per heavy atom. The number of nitrogens with one attached hydrogen (secondary N) is 1. The molecule has 0 aromatic carbocycles. The van der Waals surface area contributed by atoms with Crippen LogP contribution in [0.3, 0.4) is 0 Å². The molecule has 5 N–H and O–H groups in total. The van der Waals surface area contributed by atoms with Gasteiger partial charge in [0.2, 0.25) is 5.91 Å². The van der Waals surface area contributed by atoms with Crippen molar-refractivity contribution >= 4 is 11.9 Å². The third kappa shape index (κ3) is 4.18. The van der Waals surface area contributed by atoms with Crippen LogP contribution in [0.15, 0.2) is 0 Å². The fourth-order valence-electron chi connectivity index (χ4n) is 2.63. The minimum Gasteiger partial charge on any atom is -0.480 e. The number of aliphatic carboxylic acids is 1. The second-order valence-corrected chi connectivity index (χ2v) is 5.28. The lowest BCUT2D eigenvalue weighted by atomic mass is 9.79. The highest BCUT2D eigenvalue weighted by Crippen LogP contribution is 2.34. The van der Waals surface area contributed by atoms with Crippen LogP contribution in [0.5, 0.6) is 0 Å². The highest BCUT2D eigenvalue weighted by atomic mass is 16.4. The Morgan fingerprint density at radius 2 is 1.79 bits per heavy atom. The maximum absolute atomic E-state index is 12.4. The van der Waals surface area contributed by atoms with Crippen LogP contribution in [0, 0.1) is 5.41 Å². The number of rotatable bonds is 6. The molecule has 6 nitrogen and oxygen atoms in total. The molecular weight excluding hydrogens is 248 g/mol. The Bertz CT molecular complexity index is 312. The molecule has 0 aliphatic heterocycles. The first-order valence-corrected chi connectivity index (χ1v) is 6.90. The van der Waals surface area contributed by atoms with Gasteiger partial charge in [-0.25, -0.2) is 4.79 Å². The van der Waals surface area contributed by atoms with Crippen LogP contribution in [-0.4, -0.2) is 41.3 Å². The molecule has 1 rings (SSSR count). The van der Waals surface area contributed by atoms with Gasteiger partial charge in [-0.15, -0.1) is 0 Å². The fraction of sp³-hybridized carbons (Fsp3) is 0.846. The molecule has 1 aliphatic carbocycles. The largest absolute Gasteiger partial charge is 0.480 e. The lowest BCUT2D eigenvalue weighted by molar-refractivity contribution is -0.144. The Labute approximate surface area is 113 Å². The normalized spacial score (nSPS) is 20.3. The molecule has 1 amide bonds. The third-order valence-electron chi connectivity index (χ3n) is 3.95. The van der Waals surface area contributed by atoms with Crippen molar-refractivity contribution in [2.45, 2.75) is 51.0 Å². The van der Waals surface area contributed by atoms with Gasteiger partial charge in [0.25, 0.3) is 0 Å². The summed E-state index contributed by atoms with van der Waals surface area (Å²) >= 11 is 0. The second kappa shape index (κ2) is 7.45. The Morgan fingerprint density at radius 1 is 1.21 bits per heavy atom. The zero-order valence-corrected chi connectivity index (χ0v) is 11.2. The third-order valence-corrected chi connectivity index (χ3v) is 3.95. The Hall–Kier alpha value is -1.14. The van der Waals surface area contributed by atoms with Crippen molar-refractivity contribution in [3.63, 3.8) is 0 Å². The molecule has 1 unspecified atom stereocenters. The smallest absolute Gasteiger partial charge is 0.326 e. The first-order valence-electron chi connectivity index (χ1n) is 6.90. The Kier molecular flexibility index (Phi) is 6.24. The van der Waals surface area contributed by atoms with E-state index in [2.05, 4.69) is 5.32 Å². The average Bonchev–Trinajstić information content (AvgIpc) is 2.64. The van der Waals surface area contributed by atoms with Gasteiger partial charge < -0.3 is 21.3 Å². The van der Waals surface area contributed by atoms with Crippen molar-refractivity contribution in [1.82, 2.24) is 5.32 Å². The first kappa shape index (κ1) is 15.9. The van der Waals surface area contributed by atoms with E-state index in [0.717, 1.165) is 25.7 Å². The standard InChI is InChI=1S/C13H24N2O4/c14-9-13(6-3-1-2-4-7-13)12(19)15-10(5-8-16)11(17)18/h10,16H,1-9,14H2,(H,15,19)(H,17,18). The van der Waals surface area contributed by atoms with E-state index in [-0.39, 0.29) is 25.5 Å². The van der Waals surface area contributed by atoms with E-state index < -0.39 is 17.4 Å². The van der Waals surface area contributed by atoms with Crippen molar-refractivity contribution in [2.75, 3.05) is 13.2 Å². The fourth-order valence-corrected chi connectivity index (χ4v) is 2.63. The molecule has 0 spiro atoms. The van der Waals surface area contributed by atoms with Crippen LogP contribution in [0.4, 0.5) is 0 Å². The number of hydrogen-bond donors (Lipinski definition) is 4. The number of amides is 1. The quantitative estimate of drug-likeness (QED) is 0.517. The van der Waals surface area contributed by atoms with Crippen LogP contribution < -0.4 is 11.1 Å². The number of aliphatic hydroxyl groups is 1. The van der Waals surface area contributed by atoms with Crippen molar-refractivity contribution in [3.05, 3.63) is 0 Å². The molecule has 0 aromatic rings. The summed E-state index contributed by atoms with van der Waals surface area (Å²) in [6.07, 6.45) is 5.51. The summed E-state index contributed by atoms with van der Waals surface area (Å²) < 4.78 is 0. The van der Waals surface area contributed by atoms with Gasteiger partial charge in [0.05, 0.1) is 5.41 Å². The topological polar surface area (TPSA) is 113 Å². The Balaban J connectivity index is 2.73. The van der Waals surface area contributed by atoms with Crippen LogP contribution >= 0.6 is 0 Å². The SMILES string of the molecule is NCC1(C(=O)NC(CCO)C(=O)O)CCCCCC1. The summed E-state index contributed by atoms with van der Waals surface area (Å²) in [5, 5.41) is 20.4. The monoisotopic (exact) mass is 272 g/mol. The molecule has 0 aromatic heterocycles. The van der Waals surface area contributed by atoms with E-state index in [1.807, 2.05) is 0 Å². The molecule has 1 fully saturated rings. The summed E-state index contributed by atoms with van der Waals surface area (Å²) in [5.74, 6) is -1.40. The first-order chi connectivity index (χ1) is 9.05. The molecule has 0 saturated heterocycles. The van der Waals surface area contributed by atoms with E-state index in [0.29, 0.717) is 12.8 Å². The zero-order chi connectivity index (χ0) is 14.3. The van der Waals surface area contributed by atoms with E-state index in [1.54, 1.807) is 0 Å². The van der Waals surface area contributed by atoms with Crippen LogP contribution in [0.25, 0.3) is 0 Å². The molecule has 19 heavy (non-hydrogen) atoms. The van der Waals surface area contributed by atoms with E-state index in [1.165, 1.54) is 0 Å². The molecule has 0 bridgehead atoms. The number of carbonyl (C=O) groups excluding carboxylic acids is 1. The summed E-state index contributed by atoms with van der Waals surface area (Å²) in [7, 11) is 0. The van der Waals surface area contributed by atoms with Crippen LogP contribution in [0.2, 0.25) is 0 Å². The predicted octanol–water partition coefficient (Wildman–Crippen LogP) is 0.237. The van der Waals surface area contributed by atoms with Crippen molar-refractivity contribution in [1.29, 1.82) is 0 Å². The van der Waals surface area contributed by atoms with Gasteiger partial charge >= 0.3 is 5.97 Å². The zero-order valence-electron chi connectivity index (χ0n) is 11.2. The van der Waals surface area contributed by atoms with Gasteiger partial charge in [-0.1, -0.05) is 25.7 Å². The number of carboxylic acids is 1. The van der Waals surface area contributed by atoms with E-state index in [9.17, 15) is 9.59 Å². The molecule has 1 saturated carbocycles. The highest BCUT2D eigenvalue weighted by Gasteiger charge is 2.38. The number of carboxylic acid groups (broad SMARTS) is 1. The van der Waals surface area contributed by atoms with Gasteiger partial charge in [0.1, 0.15) is 6.04 Å².